The first-order valence-corrected chi connectivity index (χ1v) is 7.51. The van der Waals surface area contributed by atoms with E-state index in [2.05, 4.69) is 0 Å². The molecule has 0 fully saturated rings. The van der Waals surface area contributed by atoms with Crippen LogP contribution in [0.15, 0.2) is 30.3 Å². The molecular weight excluding hydrogens is 327 g/mol. The third kappa shape index (κ3) is 5.60. The summed E-state index contributed by atoms with van der Waals surface area (Å²) < 4.78 is 19.7. The summed E-state index contributed by atoms with van der Waals surface area (Å²) in [6.07, 6.45) is 1.34. The molecule has 25 heavy (non-hydrogen) atoms. The van der Waals surface area contributed by atoms with Gasteiger partial charge in [0.05, 0.1) is 21.4 Å². The Bertz CT molecular complexity index is 698. The van der Waals surface area contributed by atoms with E-state index in [1.165, 1.54) is 26.4 Å². The Kier molecular flexibility index (Phi) is 10.3. The summed E-state index contributed by atoms with van der Waals surface area (Å²) in [5, 5.41) is 10.2. The largest absolute Gasteiger partial charge is 0.504 e. The number of aromatic hydroxyl groups is 1. The molecule has 0 spiro atoms. The number of phenolic OH excluding ortho intramolecular Hbond substituents is 1. The van der Waals surface area contributed by atoms with Crippen molar-refractivity contribution in [2.75, 3.05) is 21.4 Å². The van der Waals surface area contributed by atoms with Crippen LogP contribution in [0.3, 0.4) is 0 Å². The Morgan fingerprint density at radius 1 is 0.880 bits per heavy atom. The van der Waals surface area contributed by atoms with Crippen molar-refractivity contribution >= 4 is 12.6 Å². The second-order valence-corrected chi connectivity index (χ2v) is 4.35. The number of carbonyl (C=O) groups excluding carboxylic acids is 2. The number of aldehydes is 2. The maximum absolute atomic E-state index is 11.0. The first-order valence-electron chi connectivity index (χ1n) is 7.51. The van der Waals surface area contributed by atoms with Crippen LogP contribution in [0, 0.1) is 0 Å². The minimum atomic E-state index is -0.104. The molecule has 2 rings (SSSR count). The maximum Gasteiger partial charge on any atom is 0.165 e. The summed E-state index contributed by atoms with van der Waals surface area (Å²) in [5.41, 5.74) is 1.70. The molecule has 0 aliphatic heterocycles. The van der Waals surface area contributed by atoms with Gasteiger partial charge in [0.25, 0.3) is 0 Å². The molecule has 2 aromatic rings. The van der Waals surface area contributed by atoms with Crippen LogP contribution in [0.25, 0.3) is 11.1 Å². The van der Waals surface area contributed by atoms with Gasteiger partial charge >= 0.3 is 0 Å². The molecule has 1 N–H and O–H groups in total. The van der Waals surface area contributed by atoms with Crippen molar-refractivity contribution in [1.29, 1.82) is 0 Å². The van der Waals surface area contributed by atoms with Crippen molar-refractivity contribution in [2.45, 2.75) is 13.8 Å². The fourth-order valence-corrected chi connectivity index (χ4v) is 2.04. The van der Waals surface area contributed by atoms with Crippen molar-refractivity contribution in [3.8, 4) is 28.4 Å². The quantitative estimate of drug-likeness (QED) is 0.813. The van der Waals surface area contributed by atoms with E-state index in [4.69, 9.17) is 9.47 Å². The highest BCUT2D eigenvalue weighted by atomic mass is 19.1. The summed E-state index contributed by atoms with van der Waals surface area (Å²) in [6, 6.07) is 7.80. The Hall–Kier alpha value is -2.89. The molecule has 0 aliphatic carbocycles. The number of carbonyl (C=O) groups is 2. The minimum absolute atomic E-state index is 0.104. The highest BCUT2D eigenvalue weighted by Crippen LogP contribution is 2.39. The van der Waals surface area contributed by atoms with E-state index in [9.17, 15) is 19.1 Å². The van der Waals surface area contributed by atoms with Crippen molar-refractivity contribution in [3.05, 3.63) is 41.5 Å². The topological polar surface area (TPSA) is 72.8 Å². The molecular formula is C19H23FO5. The van der Waals surface area contributed by atoms with Gasteiger partial charge in [0.15, 0.2) is 11.5 Å². The van der Waals surface area contributed by atoms with E-state index in [1.807, 2.05) is 13.8 Å². The first-order chi connectivity index (χ1) is 12.1. The van der Waals surface area contributed by atoms with Crippen LogP contribution in [0.5, 0.6) is 17.2 Å². The van der Waals surface area contributed by atoms with Crippen molar-refractivity contribution in [1.82, 2.24) is 0 Å². The van der Waals surface area contributed by atoms with Crippen molar-refractivity contribution < 1.29 is 28.6 Å². The number of methoxy groups -OCH3 is 2. The lowest BCUT2D eigenvalue weighted by Crippen LogP contribution is -1.93. The number of halogens is 1. The zero-order valence-electron chi connectivity index (χ0n) is 15.0. The van der Waals surface area contributed by atoms with Crippen molar-refractivity contribution in [3.63, 3.8) is 0 Å². The molecule has 0 atom stereocenters. The van der Waals surface area contributed by atoms with Crippen LogP contribution in [0.4, 0.5) is 4.39 Å². The average molecular weight is 350 g/mol. The van der Waals surface area contributed by atoms with Gasteiger partial charge in [-0.2, -0.15) is 0 Å². The van der Waals surface area contributed by atoms with Gasteiger partial charge in [-0.1, -0.05) is 13.8 Å². The number of ether oxygens (including phenoxy) is 2. The van der Waals surface area contributed by atoms with Crippen LogP contribution in [-0.4, -0.2) is 39.1 Å². The van der Waals surface area contributed by atoms with E-state index < -0.39 is 0 Å². The Morgan fingerprint density at radius 3 is 1.92 bits per heavy atom. The number of hydrogen-bond donors (Lipinski definition) is 1. The summed E-state index contributed by atoms with van der Waals surface area (Å²) in [5.74, 6) is 0.558. The van der Waals surface area contributed by atoms with Gasteiger partial charge < -0.3 is 14.6 Å². The Morgan fingerprint density at radius 2 is 1.44 bits per heavy atom. The van der Waals surface area contributed by atoms with E-state index in [0.29, 0.717) is 47.8 Å². The van der Waals surface area contributed by atoms with Crippen LogP contribution >= 0.6 is 0 Å². The third-order valence-electron chi connectivity index (χ3n) is 3.06. The normalized spacial score (nSPS) is 8.88. The van der Waals surface area contributed by atoms with Gasteiger partial charge in [-0.05, 0) is 35.9 Å². The zero-order valence-corrected chi connectivity index (χ0v) is 15.0. The zero-order chi connectivity index (χ0) is 19.4. The number of phenols is 1. The summed E-state index contributed by atoms with van der Waals surface area (Å²) >= 11 is 0. The molecule has 0 bridgehead atoms. The predicted octanol–water partition coefficient (Wildman–Crippen LogP) is 4.31. The lowest BCUT2D eigenvalue weighted by atomic mass is 9.99. The fourth-order valence-electron chi connectivity index (χ4n) is 2.04. The van der Waals surface area contributed by atoms with E-state index >= 15 is 0 Å². The van der Waals surface area contributed by atoms with Gasteiger partial charge in [-0.3, -0.25) is 14.0 Å². The van der Waals surface area contributed by atoms with Crippen LogP contribution in [-0.2, 0) is 0 Å². The monoisotopic (exact) mass is 350 g/mol. The van der Waals surface area contributed by atoms with Gasteiger partial charge in [0.1, 0.15) is 18.3 Å². The molecule has 0 aliphatic rings. The molecule has 0 radical (unpaired) electrons. The van der Waals surface area contributed by atoms with Gasteiger partial charge in [0.2, 0.25) is 0 Å². The summed E-state index contributed by atoms with van der Waals surface area (Å²) in [7, 11) is 3.38. The summed E-state index contributed by atoms with van der Waals surface area (Å²) in [6.45, 7) is 4.00. The molecule has 0 saturated heterocycles. The SMILES string of the molecule is CC.CF.COc1cc(C=O)cc(-c2cc(C=O)cc(OC)c2O)c1. The minimum Gasteiger partial charge on any atom is -0.504 e. The lowest BCUT2D eigenvalue weighted by molar-refractivity contribution is 0.111. The van der Waals surface area contributed by atoms with E-state index in [0.717, 1.165) is 0 Å². The first kappa shape index (κ1) is 22.1. The van der Waals surface area contributed by atoms with Crippen LogP contribution < -0.4 is 9.47 Å². The Labute approximate surface area is 147 Å². The van der Waals surface area contributed by atoms with Crippen molar-refractivity contribution in [2.24, 2.45) is 0 Å². The molecule has 0 aromatic heterocycles. The highest BCUT2D eigenvalue weighted by Gasteiger charge is 2.14. The predicted molar refractivity (Wildman–Crippen MR) is 95.8 cm³/mol. The Balaban J connectivity index is 0.00000134. The number of hydrogen-bond acceptors (Lipinski definition) is 5. The molecule has 0 heterocycles. The number of rotatable bonds is 5. The van der Waals surface area contributed by atoms with Crippen LogP contribution in [0.2, 0.25) is 0 Å². The summed E-state index contributed by atoms with van der Waals surface area (Å²) in [4.78, 5) is 22.0. The van der Waals surface area contributed by atoms with E-state index in [-0.39, 0.29) is 11.5 Å². The highest BCUT2D eigenvalue weighted by molar-refractivity contribution is 5.86. The lowest BCUT2D eigenvalue weighted by Gasteiger charge is -2.12. The van der Waals surface area contributed by atoms with Crippen LogP contribution in [0.1, 0.15) is 34.6 Å². The maximum atomic E-state index is 11.0. The number of benzene rings is 2. The standard InChI is InChI=1S/C16H14O5.C2H6.CH3F/c1-20-13-4-10(8-17)3-12(7-13)14-5-11(9-18)6-15(21-2)16(14)19;2*1-2/h3-9,19H,1-2H3;1-2H3;1H3. The average Bonchev–Trinajstić information content (AvgIpc) is 2.70. The molecule has 0 amide bonds. The molecule has 6 heteroatoms. The van der Waals surface area contributed by atoms with E-state index in [1.54, 1.807) is 18.2 Å². The third-order valence-corrected chi connectivity index (χ3v) is 3.06. The van der Waals surface area contributed by atoms with Gasteiger partial charge in [-0.25, -0.2) is 0 Å². The smallest absolute Gasteiger partial charge is 0.165 e. The molecule has 0 unspecified atom stereocenters. The molecule has 136 valence electrons. The fraction of sp³-hybridized carbons (Fsp3) is 0.263. The number of alkyl halides is 1. The van der Waals surface area contributed by atoms with Gasteiger partial charge in [-0.15, -0.1) is 0 Å². The van der Waals surface area contributed by atoms with Gasteiger partial charge in [0, 0.05) is 16.7 Å². The molecule has 2 aromatic carbocycles. The second kappa shape index (κ2) is 11.6. The molecule has 0 saturated carbocycles. The second-order valence-electron chi connectivity index (χ2n) is 4.35. The molecule has 5 nitrogen and oxygen atoms in total.